The van der Waals surface area contributed by atoms with E-state index in [4.69, 9.17) is 16.0 Å². The van der Waals surface area contributed by atoms with Crippen molar-refractivity contribution in [2.45, 2.75) is 0 Å². The summed E-state index contributed by atoms with van der Waals surface area (Å²) in [4.78, 5) is 23.0. The molecule has 0 atom stereocenters. The summed E-state index contributed by atoms with van der Waals surface area (Å²) in [6.07, 6.45) is 1.35. The lowest BCUT2D eigenvalue weighted by Gasteiger charge is -2.00. The molecule has 2 aromatic heterocycles. The molecule has 0 spiro atoms. The Labute approximate surface area is 156 Å². The van der Waals surface area contributed by atoms with Gasteiger partial charge in [0.15, 0.2) is 0 Å². The molecule has 0 N–H and O–H groups in total. The van der Waals surface area contributed by atoms with Gasteiger partial charge >= 0.3 is 0 Å². The van der Waals surface area contributed by atoms with Gasteiger partial charge in [0.1, 0.15) is 23.2 Å². The predicted molar refractivity (Wildman–Crippen MR) is 98.0 cm³/mol. The van der Waals surface area contributed by atoms with Gasteiger partial charge in [-0.05, 0) is 29.6 Å². The molecule has 3 aromatic rings. The van der Waals surface area contributed by atoms with Crippen LogP contribution in [0.1, 0.15) is 15.4 Å². The second kappa shape index (κ2) is 7.35. The van der Waals surface area contributed by atoms with Crippen LogP contribution in [0.5, 0.6) is 0 Å². The molecule has 3 rings (SSSR count). The molecule has 26 heavy (non-hydrogen) atoms. The van der Waals surface area contributed by atoms with Crippen LogP contribution in [-0.4, -0.2) is 10.7 Å². The lowest BCUT2D eigenvalue weighted by Crippen LogP contribution is -1.98. The van der Waals surface area contributed by atoms with Crippen molar-refractivity contribution < 1.29 is 14.1 Å². The van der Waals surface area contributed by atoms with Crippen molar-refractivity contribution in [1.29, 1.82) is 5.26 Å². The van der Waals surface area contributed by atoms with Crippen molar-refractivity contribution in [3.05, 3.63) is 79.2 Å². The van der Waals surface area contributed by atoms with Crippen LogP contribution < -0.4 is 0 Å². The second-order valence-electron chi connectivity index (χ2n) is 5.10. The maximum absolute atomic E-state index is 12.3. The number of carbonyl (C=O) groups is 1. The third kappa shape index (κ3) is 3.57. The highest BCUT2D eigenvalue weighted by atomic mass is 35.5. The van der Waals surface area contributed by atoms with Crippen molar-refractivity contribution in [1.82, 2.24) is 0 Å². The SMILES string of the molecule is N#C/C(=C\c1ccc(-c2ccc([N+](=O)[O-])cc2Cl)o1)C(=O)c1cccs1. The zero-order valence-corrected chi connectivity index (χ0v) is 14.6. The molecule has 8 heteroatoms. The molecule has 0 radical (unpaired) electrons. The Morgan fingerprint density at radius 2 is 2.12 bits per heavy atom. The van der Waals surface area contributed by atoms with E-state index >= 15 is 0 Å². The minimum atomic E-state index is -0.540. The number of allylic oxidation sites excluding steroid dienone is 1. The van der Waals surface area contributed by atoms with Gasteiger partial charge in [-0.1, -0.05) is 17.7 Å². The lowest BCUT2D eigenvalue weighted by atomic mass is 10.1. The average Bonchev–Trinajstić information content (AvgIpc) is 3.31. The average molecular weight is 385 g/mol. The third-order valence-corrected chi connectivity index (χ3v) is 4.63. The molecule has 0 aliphatic carbocycles. The number of halogens is 1. The number of thiophene rings is 1. The third-order valence-electron chi connectivity index (χ3n) is 3.45. The molecule has 1 aromatic carbocycles. The molecule has 0 bridgehead atoms. The first-order valence-corrected chi connectivity index (χ1v) is 8.49. The number of rotatable bonds is 5. The molecule has 0 saturated heterocycles. The molecular weight excluding hydrogens is 376 g/mol. The normalized spacial score (nSPS) is 11.2. The molecule has 0 aliphatic rings. The van der Waals surface area contributed by atoms with Gasteiger partial charge in [0, 0.05) is 23.8 Å². The Hall–Kier alpha value is -3.21. The van der Waals surface area contributed by atoms with Crippen molar-refractivity contribution >= 4 is 40.5 Å². The number of nitro groups is 1. The second-order valence-corrected chi connectivity index (χ2v) is 6.45. The predicted octanol–water partition coefficient (Wildman–Crippen LogP) is 5.36. The number of nitrogens with zero attached hydrogens (tertiary/aromatic N) is 2. The van der Waals surface area contributed by atoms with Gasteiger partial charge in [0.05, 0.1) is 14.8 Å². The Kier molecular flexibility index (Phi) is 4.98. The number of ketones is 1. The minimum Gasteiger partial charge on any atom is -0.457 e. The fourth-order valence-corrected chi connectivity index (χ4v) is 3.17. The summed E-state index contributed by atoms with van der Waals surface area (Å²) in [5.74, 6) is 0.293. The number of non-ortho nitro benzene ring substituents is 1. The van der Waals surface area contributed by atoms with Crippen LogP contribution in [0.25, 0.3) is 17.4 Å². The summed E-state index contributed by atoms with van der Waals surface area (Å²) < 4.78 is 5.62. The van der Waals surface area contributed by atoms with Crippen molar-refractivity contribution in [2.24, 2.45) is 0 Å². The van der Waals surface area contributed by atoms with Crippen LogP contribution in [0.3, 0.4) is 0 Å². The minimum absolute atomic E-state index is 0.0526. The van der Waals surface area contributed by atoms with Crippen LogP contribution in [0.4, 0.5) is 5.69 Å². The Morgan fingerprint density at radius 3 is 2.73 bits per heavy atom. The van der Waals surface area contributed by atoms with Crippen molar-refractivity contribution in [2.75, 3.05) is 0 Å². The number of nitriles is 1. The molecule has 6 nitrogen and oxygen atoms in total. The number of hydrogen-bond acceptors (Lipinski definition) is 6. The van der Waals surface area contributed by atoms with Gasteiger partial charge < -0.3 is 4.42 Å². The van der Waals surface area contributed by atoms with Crippen molar-refractivity contribution in [3.63, 3.8) is 0 Å². The molecule has 0 saturated carbocycles. The summed E-state index contributed by atoms with van der Waals surface area (Å²) in [5, 5.41) is 21.9. The molecule has 0 fully saturated rings. The number of benzene rings is 1. The van der Waals surface area contributed by atoms with Crippen LogP contribution in [0, 0.1) is 21.4 Å². The highest BCUT2D eigenvalue weighted by Crippen LogP contribution is 2.32. The van der Waals surface area contributed by atoms with E-state index in [0.29, 0.717) is 22.0 Å². The van der Waals surface area contributed by atoms with Gasteiger partial charge in [-0.25, -0.2) is 0 Å². The first-order chi connectivity index (χ1) is 12.5. The summed E-state index contributed by atoms with van der Waals surface area (Å²) in [5.41, 5.74) is 0.293. The molecule has 2 heterocycles. The van der Waals surface area contributed by atoms with E-state index in [9.17, 15) is 20.2 Å². The first kappa shape index (κ1) is 17.6. The number of carbonyl (C=O) groups excluding carboxylic acids is 1. The Bertz CT molecular complexity index is 1060. The topological polar surface area (TPSA) is 97.1 Å². The Morgan fingerprint density at radius 1 is 1.31 bits per heavy atom. The summed E-state index contributed by atoms with van der Waals surface area (Å²) in [6.45, 7) is 0. The maximum atomic E-state index is 12.3. The number of furan rings is 1. The van der Waals surface area contributed by atoms with Gasteiger partial charge in [-0.3, -0.25) is 14.9 Å². The van der Waals surface area contributed by atoms with Crippen LogP contribution in [0.15, 0.2) is 57.8 Å². The highest BCUT2D eigenvalue weighted by Gasteiger charge is 2.16. The number of Topliss-reactive ketones (excluding diaryl/α,β-unsaturated/α-hetero) is 1. The number of nitro benzene ring substituents is 1. The zero-order valence-electron chi connectivity index (χ0n) is 13.0. The smallest absolute Gasteiger partial charge is 0.270 e. The van der Waals surface area contributed by atoms with Gasteiger partial charge in [0.25, 0.3) is 5.69 Å². The zero-order chi connectivity index (χ0) is 18.7. The van der Waals surface area contributed by atoms with E-state index in [1.807, 2.05) is 6.07 Å². The van der Waals surface area contributed by atoms with Gasteiger partial charge in [0.2, 0.25) is 5.78 Å². The van der Waals surface area contributed by atoms with Crippen LogP contribution >= 0.6 is 22.9 Å². The van der Waals surface area contributed by atoms with Crippen LogP contribution in [-0.2, 0) is 0 Å². The largest absolute Gasteiger partial charge is 0.457 e. The number of hydrogen-bond donors (Lipinski definition) is 0. The Balaban J connectivity index is 1.91. The van der Waals surface area contributed by atoms with E-state index in [0.717, 1.165) is 0 Å². The van der Waals surface area contributed by atoms with E-state index in [1.54, 1.807) is 29.6 Å². The summed E-state index contributed by atoms with van der Waals surface area (Å²) in [6, 6.07) is 12.5. The van der Waals surface area contributed by atoms with E-state index < -0.39 is 4.92 Å². The standard InChI is InChI=1S/C18H9ClN2O4S/c19-15-9-12(21(23)24)3-5-14(15)16-6-4-13(25-16)8-11(10-20)18(22)17-2-1-7-26-17/h1-9H/b11-8+. The molecule has 0 unspecified atom stereocenters. The molecule has 128 valence electrons. The fourth-order valence-electron chi connectivity index (χ4n) is 2.22. The monoisotopic (exact) mass is 384 g/mol. The maximum Gasteiger partial charge on any atom is 0.270 e. The highest BCUT2D eigenvalue weighted by molar-refractivity contribution is 7.12. The quantitative estimate of drug-likeness (QED) is 0.194. The van der Waals surface area contributed by atoms with E-state index in [-0.39, 0.29) is 22.1 Å². The van der Waals surface area contributed by atoms with E-state index in [2.05, 4.69) is 0 Å². The van der Waals surface area contributed by atoms with E-state index in [1.165, 1.54) is 35.6 Å². The first-order valence-electron chi connectivity index (χ1n) is 7.23. The lowest BCUT2D eigenvalue weighted by molar-refractivity contribution is -0.384. The van der Waals surface area contributed by atoms with Crippen molar-refractivity contribution in [3.8, 4) is 17.4 Å². The molecule has 0 amide bonds. The molecule has 0 aliphatic heterocycles. The molecular formula is C18H9ClN2O4S. The summed E-state index contributed by atoms with van der Waals surface area (Å²) in [7, 11) is 0. The van der Waals surface area contributed by atoms with Gasteiger partial charge in [-0.2, -0.15) is 5.26 Å². The van der Waals surface area contributed by atoms with Gasteiger partial charge in [-0.15, -0.1) is 11.3 Å². The summed E-state index contributed by atoms with van der Waals surface area (Å²) >= 11 is 7.33. The van der Waals surface area contributed by atoms with Crippen LogP contribution in [0.2, 0.25) is 5.02 Å². The fraction of sp³-hybridized carbons (Fsp3) is 0.